The summed E-state index contributed by atoms with van der Waals surface area (Å²) in [5, 5.41) is 2.70. The maximum absolute atomic E-state index is 13.6. The number of nitrogens with zero attached hydrogens (tertiary/aromatic N) is 3. The summed E-state index contributed by atoms with van der Waals surface area (Å²) in [6, 6.07) is 11.1. The molecule has 4 rings (SSSR count). The molecule has 34 heavy (non-hydrogen) atoms. The molecule has 0 bridgehead atoms. The van der Waals surface area contributed by atoms with E-state index in [0.717, 1.165) is 45.3 Å². The van der Waals surface area contributed by atoms with Gasteiger partial charge in [0.25, 0.3) is 0 Å². The molecule has 1 N–H and O–H groups in total. The van der Waals surface area contributed by atoms with Crippen LogP contribution in [-0.4, -0.2) is 72.5 Å². The Morgan fingerprint density at radius 2 is 1.82 bits per heavy atom. The molecule has 1 saturated heterocycles. The highest BCUT2D eigenvalue weighted by Crippen LogP contribution is 2.50. The van der Waals surface area contributed by atoms with Crippen LogP contribution >= 0.6 is 0 Å². The number of hydrogen-bond donors (Lipinski definition) is 1. The molecule has 3 fully saturated rings. The number of carbonyl (C=O) groups is 2. The minimum Gasteiger partial charge on any atom is -0.359 e. The molecule has 188 valence electrons. The molecule has 6 heteroatoms. The SMILES string of the molecule is CNC(=O)CCN1CC2(CCC(c3ccccc3)(N(C)CC(C)C)CC2)N(CC2CCC2)C1=O. The van der Waals surface area contributed by atoms with Gasteiger partial charge in [-0.05, 0) is 63.0 Å². The normalized spacial score (nSPS) is 27.6. The van der Waals surface area contributed by atoms with Crippen molar-refractivity contribution in [3.63, 3.8) is 0 Å². The molecule has 2 saturated carbocycles. The van der Waals surface area contributed by atoms with Gasteiger partial charge in [-0.2, -0.15) is 0 Å². The first kappa shape index (κ1) is 25.0. The van der Waals surface area contributed by atoms with Crippen molar-refractivity contribution >= 4 is 11.9 Å². The van der Waals surface area contributed by atoms with E-state index in [0.29, 0.717) is 24.8 Å². The molecule has 0 unspecified atom stereocenters. The summed E-state index contributed by atoms with van der Waals surface area (Å²) < 4.78 is 0. The van der Waals surface area contributed by atoms with Crippen molar-refractivity contribution in [3.05, 3.63) is 35.9 Å². The Morgan fingerprint density at radius 1 is 1.15 bits per heavy atom. The highest BCUT2D eigenvalue weighted by atomic mass is 16.2. The van der Waals surface area contributed by atoms with Crippen LogP contribution < -0.4 is 5.32 Å². The van der Waals surface area contributed by atoms with Crippen molar-refractivity contribution < 1.29 is 9.59 Å². The molecule has 3 amide bonds. The Labute approximate surface area is 206 Å². The first-order valence-corrected chi connectivity index (χ1v) is 13.3. The largest absolute Gasteiger partial charge is 0.359 e. The molecule has 2 aliphatic carbocycles. The Morgan fingerprint density at radius 3 is 2.38 bits per heavy atom. The van der Waals surface area contributed by atoms with Gasteiger partial charge < -0.3 is 15.1 Å². The van der Waals surface area contributed by atoms with E-state index in [1.54, 1.807) is 7.05 Å². The van der Waals surface area contributed by atoms with Crippen LogP contribution in [0.25, 0.3) is 0 Å². The summed E-state index contributed by atoms with van der Waals surface area (Å²) >= 11 is 0. The third-order valence-electron chi connectivity index (χ3n) is 8.80. The lowest BCUT2D eigenvalue weighted by Crippen LogP contribution is -2.57. The van der Waals surface area contributed by atoms with Crippen LogP contribution in [-0.2, 0) is 10.3 Å². The summed E-state index contributed by atoms with van der Waals surface area (Å²) in [7, 11) is 3.95. The Hall–Kier alpha value is -2.08. The predicted molar refractivity (Wildman–Crippen MR) is 136 cm³/mol. The third kappa shape index (κ3) is 4.84. The second-order valence-electron chi connectivity index (χ2n) is 11.4. The lowest BCUT2D eigenvalue weighted by atomic mass is 9.67. The lowest BCUT2D eigenvalue weighted by Gasteiger charge is -2.52. The number of nitrogens with one attached hydrogen (secondary N) is 1. The van der Waals surface area contributed by atoms with Crippen molar-refractivity contribution in [2.24, 2.45) is 11.8 Å². The van der Waals surface area contributed by atoms with Crippen LogP contribution in [0.2, 0.25) is 0 Å². The fraction of sp³-hybridized carbons (Fsp3) is 0.714. The van der Waals surface area contributed by atoms with Crippen LogP contribution in [0.15, 0.2) is 30.3 Å². The van der Waals surface area contributed by atoms with Gasteiger partial charge in [0.2, 0.25) is 5.91 Å². The first-order chi connectivity index (χ1) is 16.3. The fourth-order valence-electron chi connectivity index (χ4n) is 6.54. The van der Waals surface area contributed by atoms with Crippen molar-refractivity contribution in [2.75, 3.05) is 40.3 Å². The van der Waals surface area contributed by atoms with E-state index < -0.39 is 0 Å². The van der Waals surface area contributed by atoms with Gasteiger partial charge >= 0.3 is 6.03 Å². The fourth-order valence-corrected chi connectivity index (χ4v) is 6.54. The predicted octanol–water partition coefficient (Wildman–Crippen LogP) is 4.46. The molecule has 0 atom stereocenters. The number of carbonyl (C=O) groups excluding carboxylic acids is 2. The van der Waals surface area contributed by atoms with Gasteiger partial charge in [-0.1, -0.05) is 50.6 Å². The van der Waals surface area contributed by atoms with Crippen molar-refractivity contribution in [2.45, 2.75) is 76.3 Å². The van der Waals surface area contributed by atoms with E-state index >= 15 is 0 Å². The van der Waals surface area contributed by atoms with E-state index in [2.05, 4.69) is 66.3 Å². The zero-order valence-corrected chi connectivity index (χ0v) is 21.7. The second kappa shape index (κ2) is 10.3. The Kier molecular flexibility index (Phi) is 7.56. The van der Waals surface area contributed by atoms with E-state index in [1.807, 2.05) is 4.90 Å². The van der Waals surface area contributed by atoms with Crippen molar-refractivity contribution in [3.8, 4) is 0 Å². The van der Waals surface area contributed by atoms with Gasteiger partial charge in [0, 0.05) is 45.2 Å². The minimum atomic E-state index is -0.105. The average Bonchev–Trinajstić information content (AvgIpc) is 3.05. The monoisotopic (exact) mass is 468 g/mol. The first-order valence-electron chi connectivity index (χ1n) is 13.3. The molecule has 1 aromatic rings. The number of rotatable bonds is 9. The van der Waals surface area contributed by atoms with Gasteiger partial charge in [0.1, 0.15) is 0 Å². The lowest BCUT2D eigenvalue weighted by molar-refractivity contribution is -0.120. The average molecular weight is 469 g/mol. The Bertz CT molecular complexity index is 843. The molecule has 1 aromatic carbocycles. The van der Waals surface area contributed by atoms with Crippen LogP contribution in [0.5, 0.6) is 0 Å². The number of benzene rings is 1. The van der Waals surface area contributed by atoms with Gasteiger partial charge in [-0.3, -0.25) is 9.69 Å². The number of amides is 3. The molecular formula is C28H44N4O2. The number of urea groups is 1. The summed E-state index contributed by atoms with van der Waals surface area (Å²) in [6.07, 6.45) is 8.28. The summed E-state index contributed by atoms with van der Waals surface area (Å²) in [5.74, 6) is 1.25. The van der Waals surface area contributed by atoms with E-state index in [-0.39, 0.29) is 23.0 Å². The van der Waals surface area contributed by atoms with Gasteiger partial charge in [0.15, 0.2) is 0 Å². The molecule has 6 nitrogen and oxygen atoms in total. The minimum absolute atomic E-state index is 0.00124. The molecule has 3 aliphatic rings. The van der Waals surface area contributed by atoms with Crippen LogP contribution in [0.3, 0.4) is 0 Å². The topological polar surface area (TPSA) is 55.9 Å². The van der Waals surface area contributed by atoms with Gasteiger partial charge in [0.05, 0.1) is 5.54 Å². The Balaban J connectivity index is 1.57. The summed E-state index contributed by atoms with van der Waals surface area (Å²) in [5.41, 5.74) is 1.31. The third-order valence-corrected chi connectivity index (χ3v) is 8.80. The van der Waals surface area contributed by atoms with E-state index in [9.17, 15) is 9.59 Å². The highest BCUT2D eigenvalue weighted by molar-refractivity contribution is 5.80. The van der Waals surface area contributed by atoms with E-state index in [4.69, 9.17) is 0 Å². The molecule has 1 aliphatic heterocycles. The maximum atomic E-state index is 13.6. The standard InChI is InChI=1S/C28H44N4O2/c1-22(2)19-30(4)28(24-11-6-5-7-12-24)16-14-27(15-17-28)21-31(18-13-25(33)29-3)26(34)32(27)20-23-9-8-10-23/h5-7,11-12,22-23H,8-10,13-21H2,1-4H3,(H,29,33). The van der Waals surface area contributed by atoms with E-state index in [1.165, 1.54) is 24.8 Å². The highest BCUT2D eigenvalue weighted by Gasteiger charge is 2.55. The van der Waals surface area contributed by atoms with Crippen LogP contribution in [0.1, 0.15) is 70.8 Å². The quantitative estimate of drug-likeness (QED) is 0.582. The molecule has 0 radical (unpaired) electrons. The van der Waals surface area contributed by atoms with Gasteiger partial charge in [-0.25, -0.2) is 4.79 Å². The van der Waals surface area contributed by atoms with Gasteiger partial charge in [-0.15, -0.1) is 0 Å². The van der Waals surface area contributed by atoms with Crippen molar-refractivity contribution in [1.29, 1.82) is 0 Å². The van der Waals surface area contributed by atoms with Crippen molar-refractivity contribution in [1.82, 2.24) is 20.0 Å². The summed E-state index contributed by atoms with van der Waals surface area (Å²) in [4.78, 5) is 32.2. The molecule has 1 spiro atoms. The maximum Gasteiger partial charge on any atom is 0.320 e. The molecule has 1 heterocycles. The van der Waals surface area contributed by atoms with Crippen LogP contribution in [0.4, 0.5) is 4.79 Å². The zero-order chi connectivity index (χ0) is 24.3. The zero-order valence-electron chi connectivity index (χ0n) is 21.7. The second-order valence-corrected chi connectivity index (χ2v) is 11.4. The number of hydrogen-bond acceptors (Lipinski definition) is 3. The molecular weight excluding hydrogens is 424 g/mol. The molecule has 0 aromatic heterocycles. The summed E-state index contributed by atoms with van der Waals surface area (Å²) in [6.45, 7) is 7.80. The van der Waals surface area contributed by atoms with Crippen LogP contribution in [0, 0.1) is 11.8 Å². The smallest absolute Gasteiger partial charge is 0.320 e.